The number of ether oxygens (including phenoxy) is 1. The van der Waals surface area contributed by atoms with Gasteiger partial charge in [-0.25, -0.2) is 13.1 Å². The van der Waals surface area contributed by atoms with Crippen LogP contribution in [0.25, 0.3) is 0 Å². The molecule has 0 heterocycles. The first-order valence-electron chi connectivity index (χ1n) is 6.00. The highest BCUT2D eigenvalue weighted by atomic mass is 32.2. The van der Waals surface area contributed by atoms with Crippen molar-refractivity contribution in [3.05, 3.63) is 24.3 Å². The molecule has 3 N–H and O–H groups in total. The number of aromatic hydroxyl groups is 1. The highest BCUT2D eigenvalue weighted by molar-refractivity contribution is 7.89. The van der Waals surface area contributed by atoms with Gasteiger partial charge in [0.1, 0.15) is 10.6 Å². The van der Waals surface area contributed by atoms with E-state index in [0.717, 1.165) is 0 Å². The second-order valence-corrected chi connectivity index (χ2v) is 5.69. The normalized spacial score (nSPS) is 11.2. The van der Waals surface area contributed by atoms with E-state index in [2.05, 4.69) is 10.0 Å². The first kappa shape index (κ1) is 16.4. The van der Waals surface area contributed by atoms with Crippen molar-refractivity contribution in [2.45, 2.75) is 11.3 Å². The molecule has 20 heavy (non-hydrogen) atoms. The highest BCUT2D eigenvalue weighted by Gasteiger charge is 2.17. The molecule has 0 aromatic heterocycles. The molecule has 0 fully saturated rings. The first-order chi connectivity index (χ1) is 9.47. The van der Waals surface area contributed by atoms with Crippen LogP contribution in [0, 0.1) is 0 Å². The van der Waals surface area contributed by atoms with Crippen LogP contribution in [0.1, 0.15) is 6.42 Å². The van der Waals surface area contributed by atoms with E-state index in [4.69, 9.17) is 4.74 Å². The van der Waals surface area contributed by atoms with E-state index in [1.165, 1.54) is 31.4 Å². The lowest BCUT2D eigenvalue weighted by Crippen LogP contribution is -2.32. The summed E-state index contributed by atoms with van der Waals surface area (Å²) in [5, 5.41) is 12.1. The van der Waals surface area contributed by atoms with Crippen LogP contribution >= 0.6 is 0 Å². The monoisotopic (exact) mass is 302 g/mol. The van der Waals surface area contributed by atoms with Gasteiger partial charge in [0, 0.05) is 26.6 Å². The molecule has 0 radical (unpaired) electrons. The van der Waals surface area contributed by atoms with Crippen LogP contribution in [0.2, 0.25) is 0 Å². The van der Waals surface area contributed by atoms with Crippen molar-refractivity contribution in [3.8, 4) is 5.75 Å². The number of amides is 1. The lowest BCUT2D eigenvalue weighted by atomic mass is 10.3. The van der Waals surface area contributed by atoms with E-state index in [0.29, 0.717) is 13.2 Å². The summed E-state index contributed by atoms with van der Waals surface area (Å²) in [4.78, 5) is 11.1. The van der Waals surface area contributed by atoms with Crippen LogP contribution in [-0.2, 0) is 19.6 Å². The zero-order valence-electron chi connectivity index (χ0n) is 11.1. The fraction of sp³-hybridized carbons (Fsp3) is 0.417. The molecule has 0 saturated carbocycles. The average Bonchev–Trinajstić information content (AvgIpc) is 2.39. The van der Waals surface area contributed by atoms with E-state index < -0.39 is 10.0 Å². The van der Waals surface area contributed by atoms with Crippen molar-refractivity contribution in [2.24, 2.45) is 0 Å². The summed E-state index contributed by atoms with van der Waals surface area (Å²) < 4.78 is 30.8. The number of nitrogens with one attached hydrogen (secondary N) is 2. The van der Waals surface area contributed by atoms with Crippen LogP contribution in [-0.4, -0.2) is 46.2 Å². The Hall–Kier alpha value is -1.64. The molecule has 112 valence electrons. The van der Waals surface area contributed by atoms with Crippen molar-refractivity contribution in [1.82, 2.24) is 10.0 Å². The highest BCUT2D eigenvalue weighted by Crippen LogP contribution is 2.20. The summed E-state index contributed by atoms with van der Waals surface area (Å²) in [7, 11) is -2.30. The minimum absolute atomic E-state index is 0.0105. The predicted molar refractivity (Wildman–Crippen MR) is 72.8 cm³/mol. The molecular formula is C12H18N2O5S. The maximum atomic E-state index is 11.9. The Kier molecular flexibility index (Phi) is 6.43. The third-order valence-corrected chi connectivity index (χ3v) is 3.94. The Balaban J connectivity index is 2.45. The van der Waals surface area contributed by atoms with Crippen LogP contribution in [0.4, 0.5) is 0 Å². The van der Waals surface area contributed by atoms with Crippen molar-refractivity contribution < 1.29 is 23.1 Å². The summed E-state index contributed by atoms with van der Waals surface area (Å²) in [5.41, 5.74) is 0. The molecule has 0 unspecified atom stereocenters. The number of rotatable bonds is 8. The smallest absolute Gasteiger partial charge is 0.244 e. The molecule has 1 amide bonds. The second kappa shape index (κ2) is 7.83. The van der Waals surface area contributed by atoms with E-state index in [1.54, 1.807) is 0 Å². The SMILES string of the molecule is COCCNC(=O)CCNS(=O)(=O)c1ccccc1O. The Morgan fingerprint density at radius 2 is 2.00 bits per heavy atom. The number of phenolic OH excluding ortho intramolecular Hbond substituents is 1. The maximum Gasteiger partial charge on any atom is 0.244 e. The molecule has 8 heteroatoms. The van der Waals surface area contributed by atoms with Crippen molar-refractivity contribution in [3.63, 3.8) is 0 Å². The van der Waals surface area contributed by atoms with Gasteiger partial charge in [0.25, 0.3) is 0 Å². The molecule has 1 rings (SSSR count). The summed E-state index contributed by atoms with van der Waals surface area (Å²) in [6, 6.07) is 5.60. The second-order valence-electron chi connectivity index (χ2n) is 3.96. The number of methoxy groups -OCH3 is 1. The van der Waals surface area contributed by atoms with Gasteiger partial charge in [-0.2, -0.15) is 0 Å². The standard InChI is InChI=1S/C12H18N2O5S/c1-19-9-8-13-12(16)6-7-14-20(17,18)11-5-3-2-4-10(11)15/h2-5,14-15H,6-9H2,1H3,(H,13,16). The molecule has 0 spiro atoms. The van der Waals surface area contributed by atoms with Crippen molar-refractivity contribution in [1.29, 1.82) is 0 Å². The fourth-order valence-electron chi connectivity index (χ4n) is 1.44. The number of para-hydroxylation sites is 1. The van der Waals surface area contributed by atoms with E-state index >= 15 is 0 Å². The maximum absolute atomic E-state index is 11.9. The Morgan fingerprint density at radius 1 is 1.30 bits per heavy atom. The Labute approximate surface area is 118 Å². The lowest BCUT2D eigenvalue weighted by Gasteiger charge is -2.08. The van der Waals surface area contributed by atoms with Gasteiger partial charge in [-0.15, -0.1) is 0 Å². The molecule has 0 aliphatic rings. The van der Waals surface area contributed by atoms with Gasteiger partial charge < -0.3 is 15.2 Å². The van der Waals surface area contributed by atoms with Crippen LogP contribution in [0.3, 0.4) is 0 Å². The number of benzene rings is 1. The van der Waals surface area contributed by atoms with E-state index in [1.807, 2.05) is 0 Å². The number of carbonyl (C=O) groups is 1. The quantitative estimate of drug-likeness (QED) is 0.578. The van der Waals surface area contributed by atoms with Gasteiger partial charge >= 0.3 is 0 Å². The molecule has 1 aromatic carbocycles. The Bertz CT molecular complexity index is 545. The Morgan fingerprint density at radius 3 is 2.65 bits per heavy atom. The van der Waals surface area contributed by atoms with Crippen molar-refractivity contribution in [2.75, 3.05) is 26.8 Å². The van der Waals surface area contributed by atoms with E-state index in [9.17, 15) is 18.3 Å². The third kappa shape index (κ3) is 5.16. The zero-order valence-corrected chi connectivity index (χ0v) is 11.9. The molecule has 0 atom stereocenters. The summed E-state index contributed by atoms with van der Waals surface area (Å²) >= 11 is 0. The van der Waals surface area contributed by atoms with Gasteiger partial charge in [0.2, 0.25) is 15.9 Å². The largest absolute Gasteiger partial charge is 0.507 e. The van der Waals surface area contributed by atoms with Gasteiger partial charge in [0.05, 0.1) is 6.61 Å². The average molecular weight is 302 g/mol. The van der Waals surface area contributed by atoms with E-state index in [-0.39, 0.29) is 29.5 Å². The fourth-order valence-corrected chi connectivity index (χ4v) is 2.57. The minimum atomic E-state index is -3.82. The van der Waals surface area contributed by atoms with Gasteiger partial charge in [0.15, 0.2) is 0 Å². The van der Waals surface area contributed by atoms with Gasteiger partial charge in [-0.1, -0.05) is 12.1 Å². The topological polar surface area (TPSA) is 105 Å². The van der Waals surface area contributed by atoms with Gasteiger partial charge in [-0.05, 0) is 12.1 Å². The molecule has 0 bridgehead atoms. The molecule has 0 aliphatic carbocycles. The summed E-state index contributed by atoms with van der Waals surface area (Å²) in [6.45, 7) is 0.729. The molecule has 1 aromatic rings. The zero-order chi connectivity index (χ0) is 15.0. The van der Waals surface area contributed by atoms with Crippen LogP contribution in [0.15, 0.2) is 29.2 Å². The third-order valence-electron chi connectivity index (χ3n) is 2.43. The summed E-state index contributed by atoms with van der Waals surface area (Å²) in [6.07, 6.45) is 0.0105. The number of phenols is 1. The number of hydrogen-bond donors (Lipinski definition) is 3. The summed E-state index contributed by atoms with van der Waals surface area (Å²) in [5.74, 6) is -0.605. The number of hydrogen-bond acceptors (Lipinski definition) is 5. The molecule has 0 aliphatic heterocycles. The number of carbonyl (C=O) groups excluding carboxylic acids is 1. The van der Waals surface area contributed by atoms with Crippen LogP contribution in [0.5, 0.6) is 5.75 Å². The number of sulfonamides is 1. The van der Waals surface area contributed by atoms with Crippen molar-refractivity contribution >= 4 is 15.9 Å². The first-order valence-corrected chi connectivity index (χ1v) is 7.49. The molecular weight excluding hydrogens is 284 g/mol. The molecule has 7 nitrogen and oxygen atoms in total. The predicted octanol–water partition coefficient (Wildman–Crippen LogP) is -0.177. The van der Waals surface area contributed by atoms with Crippen LogP contribution < -0.4 is 10.0 Å². The van der Waals surface area contributed by atoms with Gasteiger partial charge in [-0.3, -0.25) is 4.79 Å². The molecule has 0 saturated heterocycles. The lowest BCUT2D eigenvalue weighted by molar-refractivity contribution is -0.121. The minimum Gasteiger partial charge on any atom is -0.507 e.